The topological polar surface area (TPSA) is 118 Å². The molecule has 2 N–H and O–H groups in total. The molecule has 5 aromatic rings. The molecule has 10 heteroatoms. The van der Waals surface area contributed by atoms with Crippen molar-refractivity contribution < 1.29 is 19.6 Å². The Kier molecular flexibility index (Phi) is 8.05. The second kappa shape index (κ2) is 11.8. The summed E-state index contributed by atoms with van der Waals surface area (Å²) in [7, 11) is 0. The predicted octanol–water partition coefficient (Wildman–Crippen LogP) is 8.99. The van der Waals surface area contributed by atoms with E-state index in [4.69, 9.17) is 32.9 Å². The summed E-state index contributed by atoms with van der Waals surface area (Å²) in [5.74, 6) is 0.174. The minimum absolute atomic E-state index is 0.0667. The summed E-state index contributed by atoms with van der Waals surface area (Å²) in [6.07, 6.45) is 2.70. The first-order valence-electron chi connectivity index (χ1n) is 12.6. The van der Waals surface area contributed by atoms with Crippen LogP contribution in [0.15, 0.2) is 91.1 Å². The van der Waals surface area contributed by atoms with Gasteiger partial charge in [0.05, 0.1) is 15.6 Å². The molecule has 0 radical (unpaired) electrons. The Morgan fingerprint density at radius 3 is 2.24 bits per heavy atom. The summed E-state index contributed by atoms with van der Waals surface area (Å²) in [4.78, 5) is 29.9. The maximum Gasteiger partial charge on any atom is 0.342 e. The van der Waals surface area contributed by atoms with E-state index in [1.807, 2.05) is 36.5 Å². The first-order valence-corrected chi connectivity index (χ1v) is 13.4. The summed E-state index contributed by atoms with van der Waals surface area (Å²) in [5.41, 5.74) is 3.73. The van der Waals surface area contributed by atoms with Gasteiger partial charge in [0, 0.05) is 34.8 Å². The lowest BCUT2D eigenvalue weighted by molar-refractivity contribution is -0.385. The third kappa shape index (κ3) is 6.09. The van der Waals surface area contributed by atoms with Gasteiger partial charge >= 0.3 is 5.97 Å². The van der Waals surface area contributed by atoms with Crippen LogP contribution in [0.4, 0.5) is 5.69 Å². The number of carboxylic acids is 1. The molecule has 0 aliphatic rings. The molecule has 0 spiro atoms. The van der Waals surface area contributed by atoms with E-state index in [-0.39, 0.29) is 11.7 Å². The number of hydrogen-bond donors (Lipinski definition) is 2. The van der Waals surface area contributed by atoms with E-state index >= 15 is 0 Å². The van der Waals surface area contributed by atoms with Crippen LogP contribution in [-0.4, -0.2) is 26.0 Å². The van der Waals surface area contributed by atoms with Gasteiger partial charge in [0.1, 0.15) is 22.9 Å². The molecule has 1 heterocycles. The Balaban J connectivity index is 1.31. The van der Waals surface area contributed by atoms with Crippen molar-refractivity contribution in [3.05, 3.63) is 128 Å². The maximum atomic E-state index is 11.4. The number of benzene rings is 4. The Hall–Kier alpha value is -4.66. The van der Waals surface area contributed by atoms with Gasteiger partial charge in [-0.05, 0) is 59.5 Å². The van der Waals surface area contributed by atoms with E-state index in [9.17, 15) is 20.0 Å². The van der Waals surface area contributed by atoms with Crippen LogP contribution in [-0.2, 0) is 0 Å². The number of carboxylic acid groups (broad SMARTS) is 1. The lowest BCUT2D eigenvalue weighted by atomic mass is 9.93. The molecule has 0 aliphatic heterocycles. The van der Waals surface area contributed by atoms with Crippen molar-refractivity contribution in [3.8, 4) is 33.9 Å². The Labute approximate surface area is 245 Å². The first-order chi connectivity index (χ1) is 19.7. The van der Waals surface area contributed by atoms with E-state index in [0.717, 1.165) is 52.3 Å². The van der Waals surface area contributed by atoms with Gasteiger partial charge in [0.2, 0.25) is 0 Å². The summed E-state index contributed by atoms with van der Waals surface area (Å²) < 4.78 is 5.74. The van der Waals surface area contributed by atoms with E-state index < -0.39 is 22.1 Å². The number of aromatic nitrogens is 2. The summed E-state index contributed by atoms with van der Waals surface area (Å²) in [6, 6.07) is 24.5. The number of nitrogens with one attached hydrogen (secondary N) is 1. The van der Waals surface area contributed by atoms with Gasteiger partial charge in [-0.2, -0.15) is 0 Å². The lowest BCUT2D eigenvalue weighted by Crippen LogP contribution is -2.02. The summed E-state index contributed by atoms with van der Waals surface area (Å²) >= 11 is 12.4. The Morgan fingerprint density at radius 1 is 0.976 bits per heavy atom. The zero-order valence-corrected chi connectivity index (χ0v) is 23.2. The molecule has 1 unspecified atom stereocenters. The van der Waals surface area contributed by atoms with Crippen LogP contribution >= 0.6 is 23.2 Å². The highest BCUT2D eigenvalue weighted by Gasteiger charge is 2.21. The highest BCUT2D eigenvalue weighted by Crippen LogP contribution is 2.34. The molecule has 0 bridgehead atoms. The van der Waals surface area contributed by atoms with Crippen LogP contribution < -0.4 is 4.74 Å². The predicted molar refractivity (Wildman–Crippen MR) is 158 cm³/mol. The fourth-order valence-corrected chi connectivity index (χ4v) is 5.11. The number of halogens is 2. The van der Waals surface area contributed by atoms with Crippen LogP contribution in [0.2, 0.25) is 10.0 Å². The van der Waals surface area contributed by atoms with E-state index in [2.05, 4.69) is 24.0 Å². The molecule has 0 fully saturated rings. The third-order valence-corrected chi connectivity index (χ3v) is 7.22. The zero-order chi connectivity index (χ0) is 29.1. The number of aromatic amines is 1. The average molecular weight is 588 g/mol. The summed E-state index contributed by atoms with van der Waals surface area (Å²) in [6.45, 7) is 2.11. The largest absolute Gasteiger partial charge is 0.477 e. The van der Waals surface area contributed by atoms with Gasteiger partial charge < -0.3 is 14.8 Å². The fourth-order valence-electron chi connectivity index (χ4n) is 4.61. The van der Waals surface area contributed by atoms with Crippen LogP contribution in [0.25, 0.3) is 22.4 Å². The number of ether oxygens (including phenoxy) is 1. The minimum atomic E-state index is -1.40. The molecule has 0 amide bonds. The van der Waals surface area contributed by atoms with E-state index in [1.165, 1.54) is 6.07 Å². The van der Waals surface area contributed by atoms with Crippen LogP contribution in [0.5, 0.6) is 11.5 Å². The third-order valence-electron chi connectivity index (χ3n) is 6.67. The Morgan fingerprint density at radius 2 is 1.63 bits per heavy atom. The summed E-state index contributed by atoms with van der Waals surface area (Å²) in [5, 5.41) is 21.5. The van der Waals surface area contributed by atoms with Crippen LogP contribution in [0.3, 0.4) is 0 Å². The standard InChI is InChI=1S/C31H23Cl2N3O5/c1-2-24(30-34-17-28(35-30)25-13-9-21(32)15-27(25)33)20-5-3-18(4-6-20)19-7-10-22(11-8-19)41-23-12-14-29(36(39)40)26(16-23)31(37)38/h3-17,24H,2H2,1H3,(H,34,35)(H,37,38). The van der Waals surface area contributed by atoms with Crippen molar-refractivity contribution in [2.75, 3.05) is 0 Å². The number of carbonyl (C=O) groups is 1. The van der Waals surface area contributed by atoms with Crippen molar-refractivity contribution in [3.63, 3.8) is 0 Å². The molecule has 0 aliphatic carbocycles. The number of H-pyrrole nitrogens is 1. The van der Waals surface area contributed by atoms with Gasteiger partial charge in [-0.25, -0.2) is 9.78 Å². The van der Waals surface area contributed by atoms with Crippen LogP contribution in [0.1, 0.15) is 41.0 Å². The van der Waals surface area contributed by atoms with Crippen LogP contribution in [0, 0.1) is 10.1 Å². The van der Waals surface area contributed by atoms with Crippen molar-refractivity contribution in [1.82, 2.24) is 9.97 Å². The molecule has 1 aromatic heterocycles. The average Bonchev–Trinajstić information content (AvgIpc) is 3.43. The molecule has 206 valence electrons. The Bertz CT molecular complexity index is 1730. The van der Waals surface area contributed by atoms with Crippen molar-refractivity contribution >= 4 is 34.9 Å². The van der Waals surface area contributed by atoms with Gasteiger partial charge in [0.15, 0.2) is 0 Å². The second-order valence-corrected chi connectivity index (χ2v) is 10.1. The highest BCUT2D eigenvalue weighted by atomic mass is 35.5. The van der Waals surface area contributed by atoms with E-state index in [1.54, 1.807) is 24.3 Å². The SMILES string of the molecule is CCC(c1ccc(-c2ccc(Oc3ccc([N+](=O)[O-])c(C(=O)O)c3)cc2)cc1)c1nc(-c2ccc(Cl)cc2Cl)c[nH]1. The fraction of sp³-hybridized carbons (Fsp3) is 0.0968. The minimum Gasteiger partial charge on any atom is -0.477 e. The zero-order valence-electron chi connectivity index (χ0n) is 21.7. The van der Waals surface area contributed by atoms with Crippen molar-refractivity contribution in [1.29, 1.82) is 0 Å². The van der Waals surface area contributed by atoms with Crippen molar-refractivity contribution in [2.45, 2.75) is 19.3 Å². The normalized spacial score (nSPS) is 11.7. The smallest absolute Gasteiger partial charge is 0.342 e. The number of hydrogen-bond acceptors (Lipinski definition) is 5. The second-order valence-electron chi connectivity index (χ2n) is 9.25. The number of nitro groups is 1. The maximum absolute atomic E-state index is 11.4. The molecule has 8 nitrogen and oxygen atoms in total. The van der Waals surface area contributed by atoms with Gasteiger partial charge in [-0.15, -0.1) is 0 Å². The lowest BCUT2D eigenvalue weighted by Gasteiger charge is -2.14. The molecular formula is C31H23Cl2N3O5. The quantitative estimate of drug-likeness (QED) is 0.131. The molecule has 0 saturated carbocycles. The van der Waals surface area contributed by atoms with E-state index in [0.29, 0.717) is 15.8 Å². The van der Waals surface area contributed by atoms with Gasteiger partial charge in [-0.3, -0.25) is 10.1 Å². The number of aromatic carboxylic acids is 1. The number of imidazole rings is 1. The number of nitro benzene ring substituents is 1. The monoisotopic (exact) mass is 587 g/mol. The van der Waals surface area contributed by atoms with Gasteiger partial charge in [0.25, 0.3) is 5.69 Å². The number of nitrogens with zero attached hydrogens (tertiary/aromatic N) is 2. The van der Waals surface area contributed by atoms with Gasteiger partial charge in [-0.1, -0.05) is 66.5 Å². The molecular weight excluding hydrogens is 565 g/mol. The molecule has 0 saturated heterocycles. The molecule has 41 heavy (non-hydrogen) atoms. The number of rotatable bonds is 9. The molecule has 5 rings (SSSR count). The highest BCUT2D eigenvalue weighted by molar-refractivity contribution is 6.36. The van der Waals surface area contributed by atoms with Crippen molar-refractivity contribution in [2.24, 2.45) is 0 Å². The first kappa shape index (κ1) is 27.9. The molecule has 1 atom stereocenters. The molecule has 4 aromatic carbocycles.